The number of benzene rings is 4. The second-order valence-electron chi connectivity index (χ2n) is 9.36. The molecule has 0 aliphatic rings. The standard InChI is InChI=1S/C32H30N2O11/c1-40-32(38)21-4-5-22(19-43-39)23(16-21)18-42-34-25-8-12-27(13-9-25)45-26-10-6-24(7-11-26)33-30(35)29-15-20(17-44-41-2)3-14-28(29)31(36)37/h3-16,34,39H,17-19H2,1-2H3,(H,33,35)(H,36,37). The molecule has 0 aliphatic heterocycles. The van der Waals surface area contributed by atoms with Crippen molar-refractivity contribution < 1.29 is 53.7 Å². The van der Waals surface area contributed by atoms with Gasteiger partial charge in [0.1, 0.15) is 31.3 Å². The van der Waals surface area contributed by atoms with Gasteiger partial charge in [0.15, 0.2) is 0 Å². The Morgan fingerprint density at radius 1 is 0.733 bits per heavy atom. The van der Waals surface area contributed by atoms with E-state index < -0.39 is 17.8 Å². The van der Waals surface area contributed by atoms with Gasteiger partial charge < -0.3 is 19.9 Å². The molecule has 13 nitrogen and oxygen atoms in total. The summed E-state index contributed by atoms with van der Waals surface area (Å²) in [5.74, 6) is -1.30. The summed E-state index contributed by atoms with van der Waals surface area (Å²) >= 11 is 0. The van der Waals surface area contributed by atoms with Gasteiger partial charge in [-0.05, 0) is 89.5 Å². The molecule has 4 aromatic rings. The Morgan fingerprint density at radius 2 is 1.42 bits per heavy atom. The lowest BCUT2D eigenvalue weighted by molar-refractivity contribution is -0.282. The third-order valence-corrected chi connectivity index (χ3v) is 6.37. The number of esters is 1. The van der Waals surface area contributed by atoms with Crippen molar-refractivity contribution in [2.24, 2.45) is 0 Å². The molecule has 234 valence electrons. The molecule has 0 radical (unpaired) electrons. The number of hydrogen-bond donors (Lipinski definition) is 4. The number of ether oxygens (including phenoxy) is 2. The molecule has 0 unspecified atom stereocenters. The molecule has 0 heterocycles. The topological polar surface area (TPSA) is 171 Å². The highest BCUT2D eigenvalue weighted by Gasteiger charge is 2.18. The number of methoxy groups -OCH3 is 1. The van der Waals surface area contributed by atoms with Gasteiger partial charge in [-0.2, -0.15) is 0 Å². The van der Waals surface area contributed by atoms with Crippen LogP contribution in [0.2, 0.25) is 0 Å². The number of nitrogens with one attached hydrogen (secondary N) is 2. The minimum Gasteiger partial charge on any atom is -0.478 e. The van der Waals surface area contributed by atoms with Crippen LogP contribution < -0.4 is 15.5 Å². The minimum atomic E-state index is -1.23. The van der Waals surface area contributed by atoms with Gasteiger partial charge in [0, 0.05) is 5.69 Å². The Morgan fingerprint density at radius 3 is 2.04 bits per heavy atom. The monoisotopic (exact) mass is 618 g/mol. The number of carboxylic acids is 1. The Kier molecular flexibility index (Phi) is 11.6. The fourth-order valence-corrected chi connectivity index (χ4v) is 4.13. The summed E-state index contributed by atoms with van der Waals surface area (Å²) < 4.78 is 10.6. The molecule has 4 rings (SSSR count). The SMILES string of the molecule is COOCc1ccc(C(=O)O)c(C(=O)Nc2ccc(Oc3ccc(NOCc4cc(C(=O)OC)ccc4COO)cc3)cc2)c1. The Labute approximate surface area is 257 Å². The van der Waals surface area contributed by atoms with E-state index in [0.29, 0.717) is 45.1 Å². The van der Waals surface area contributed by atoms with Crippen molar-refractivity contribution >= 4 is 29.2 Å². The third kappa shape index (κ3) is 9.09. The Balaban J connectivity index is 1.33. The molecule has 0 saturated carbocycles. The number of anilines is 2. The quantitative estimate of drug-likeness (QED) is 0.0715. The fraction of sp³-hybridized carbons (Fsp3) is 0.156. The zero-order valence-corrected chi connectivity index (χ0v) is 24.3. The molecule has 0 saturated heterocycles. The summed E-state index contributed by atoms with van der Waals surface area (Å²) in [6, 6.07) is 22.6. The summed E-state index contributed by atoms with van der Waals surface area (Å²) in [7, 11) is 2.64. The first-order valence-electron chi connectivity index (χ1n) is 13.4. The maximum atomic E-state index is 12.9. The molecule has 0 spiro atoms. The summed E-state index contributed by atoms with van der Waals surface area (Å²) in [5, 5.41) is 21.0. The number of carbonyl (C=O) groups excluding carboxylic acids is 2. The molecule has 0 bridgehead atoms. The summed E-state index contributed by atoms with van der Waals surface area (Å²) in [6.07, 6.45) is 0. The van der Waals surface area contributed by atoms with Gasteiger partial charge in [-0.1, -0.05) is 12.1 Å². The van der Waals surface area contributed by atoms with Crippen LogP contribution in [0.3, 0.4) is 0 Å². The molecule has 0 aliphatic carbocycles. The molecular formula is C32H30N2O11. The van der Waals surface area contributed by atoms with Crippen molar-refractivity contribution in [3.8, 4) is 11.5 Å². The highest BCUT2D eigenvalue weighted by Crippen LogP contribution is 2.25. The average molecular weight is 619 g/mol. The first-order valence-corrected chi connectivity index (χ1v) is 13.4. The van der Waals surface area contributed by atoms with E-state index in [1.807, 2.05) is 0 Å². The number of hydrogen-bond acceptors (Lipinski definition) is 11. The van der Waals surface area contributed by atoms with E-state index in [-0.39, 0.29) is 30.9 Å². The lowest BCUT2D eigenvalue weighted by Crippen LogP contribution is -2.17. The highest BCUT2D eigenvalue weighted by atomic mass is 17.2. The van der Waals surface area contributed by atoms with Gasteiger partial charge in [-0.15, -0.1) is 0 Å². The summed E-state index contributed by atoms with van der Waals surface area (Å²) in [6.45, 7) is 0.0297. The molecule has 4 aromatic carbocycles. The van der Waals surface area contributed by atoms with E-state index in [4.69, 9.17) is 24.5 Å². The molecule has 0 atom stereocenters. The van der Waals surface area contributed by atoms with E-state index in [9.17, 15) is 19.5 Å². The third-order valence-electron chi connectivity index (χ3n) is 6.37. The van der Waals surface area contributed by atoms with Crippen molar-refractivity contribution in [2.45, 2.75) is 19.8 Å². The van der Waals surface area contributed by atoms with Crippen LogP contribution in [0.4, 0.5) is 11.4 Å². The van der Waals surface area contributed by atoms with Crippen molar-refractivity contribution in [3.63, 3.8) is 0 Å². The maximum absolute atomic E-state index is 12.9. The van der Waals surface area contributed by atoms with Gasteiger partial charge in [0.25, 0.3) is 5.91 Å². The second kappa shape index (κ2) is 16.0. The minimum absolute atomic E-state index is 0.0213. The second-order valence-corrected chi connectivity index (χ2v) is 9.36. The van der Waals surface area contributed by atoms with E-state index in [1.54, 1.807) is 72.8 Å². The van der Waals surface area contributed by atoms with E-state index in [2.05, 4.69) is 20.6 Å². The predicted octanol–water partition coefficient (Wildman–Crippen LogP) is 5.83. The highest BCUT2D eigenvalue weighted by molar-refractivity contribution is 6.10. The van der Waals surface area contributed by atoms with E-state index in [1.165, 1.54) is 26.4 Å². The first-order chi connectivity index (χ1) is 21.8. The molecular weight excluding hydrogens is 588 g/mol. The van der Waals surface area contributed by atoms with Gasteiger partial charge in [0.05, 0.1) is 36.6 Å². The number of carbonyl (C=O) groups is 3. The van der Waals surface area contributed by atoms with Crippen LogP contribution in [0.15, 0.2) is 84.9 Å². The lowest BCUT2D eigenvalue weighted by atomic mass is 10.0. The predicted molar refractivity (Wildman–Crippen MR) is 160 cm³/mol. The average Bonchev–Trinajstić information content (AvgIpc) is 3.05. The molecule has 0 fully saturated rings. The lowest BCUT2D eigenvalue weighted by Gasteiger charge is -2.13. The largest absolute Gasteiger partial charge is 0.478 e. The number of aromatic carboxylic acids is 1. The van der Waals surface area contributed by atoms with Gasteiger partial charge in [-0.3, -0.25) is 20.4 Å². The molecule has 4 N–H and O–H groups in total. The smallest absolute Gasteiger partial charge is 0.337 e. The molecule has 45 heavy (non-hydrogen) atoms. The number of amides is 1. The van der Waals surface area contributed by atoms with Crippen LogP contribution >= 0.6 is 0 Å². The van der Waals surface area contributed by atoms with Crippen LogP contribution in [0, 0.1) is 0 Å². The summed E-state index contributed by atoms with van der Waals surface area (Å²) in [4.78, 5) is 55.7. The van der Waals surface area contributed by atoms with Crippen LogP contribution in [0.25, 0.3) is 0 Å². The number of carboxylic acid groups (broad SMARTS) is 1. The maximum Gasteiger partial charge on any atom is 0.337 e. The van der Waals surface area contributed by atoms with Crippen molar-refractivity contribution in [1.29, 1.82) is 0 Å². The van der Waals surface area contributed by atoms with Crippen LogP contribution in [0.5, 0.6) is 11.5 Å². The van der Waals surface area contributed by atoms with Gasteiger partial charge in [-0.25, -0.2) is 24.3 Å². The first kappa shape index (κ1) is 32.6. The van der Waals surface area contributed by atoms with Crippen molar-refractivity contribution in [2.75, 3.05) is 25.0 Å². The van der Waals surface area contributed by atoms with Crippen molar-refractivity contribution in [1.82, 2.24) is 0 Å². The number of rotatable bonds is 15. The zero-order chi connectivity index (χ0) is 32.2. The van der Waals surface area contributed by atoms with Crippen LogP contribution in [0.1, 0.15) is 47.8 Å². The van der Waals surface area contributed by atoms with Gasteiger partial charge >= 0.3 is 11.9 Å². The van der Waals surface area contributed by atoms with E-state index in [0.717, 1.165) is 0 Å². The molecule has 1 amide bonds. The van der Waals surface area contributed by atoms with Gasteiger partial charge in [0.2, 0.25) is 0 Å². The van der Waals surface area contributed by atoms with Crippen molar-refractivity contribution in [3.05, 3.63) is 118 Å². The normalized spacial score (nSPS) is 10.6. The van der Waals surface area contributed by atoms with Crippen LogP contribution in [-0.4, -0.2) is 42.4 Å². The summed E-state index contributed by atoms with van der Waals surface area (Å²) in [5.41, 5.74) is 5.86. The van der Waals surface area contributed by atoms with Crippen LogP contribution in [-0.2, 0) is 44.1 Å². The fourth-order valence-electron chi connectivity index (χ4n) is 4.13. The molecule has 13 heteroatoms. The zero-order valence-electron chi connectivity index (χ0n) is 24.3. The Bertz CT molecular complexity index is 1620. The molecule has 0 aromatic heterocycles. The van der Waals surface area contributed by atoms with E-state index >= 15 is 0 Å². The Hall–Kier alpha value is -5.31.